The summed E-state index contributed by atoms with van der Waals surface area (Å²) in [5.41, 5.74) is 1.60. The first-order valence-electron chi connectivity index (χ1n) is 7.80. The van der Waals surface area contributed by atoms with Gasteiger partial charge >= 0.3 is 0 Å². The Morgan fingerprint density at radius 2 is 1.64 bits per heavy atom. The molecule has 22 heavy (non-hydrogen) atoms. The van der Waals surface area contributed by atoms with Crippen LogP contribution in [0.25, 0.3) is 19.5 Å². The zero-order valence-corrected chi connectivity index (χ0v) is 15.6. The van der Waals surface area contributed by atoms with Gasteiger partial charge in [-0.3, -0.25) is 0 Å². The van der Waals surface area contributed by atoms with Crippen molar-refractivity contribution in [2.75, 3.05) is 5.75 Å². The van der Waals surface area contributed by atoms with Crippen molar-refractivity contribution < 1.29 is 0 Å². The molecule has 0 aliphatic carbocycles. The average Bonchev–Trinajstić information content (AvgIpc) is 3.26. The van der Waals surface area contributed by atoms with Gasteiger partial charge in [-0.1, -0.05) is 18.9 Å². The van der Waals surface area contributed by atoms with Gasteiger partial charge < -0.3 is 0 Å². The lowest BCUT2D eigenvalue weighted by Gasteiger charge is -1.98. The largest absolute Gasteiger partial charge is 0.143 e. The maximum Gasteiger partial charge on any atom is 0.0637 e. The summed E-state index contributed by atoms with van der Waals surface area (Å²) >= 11 is 7.85. The van der Waals surface area contributed by atoms with Gasteiger partial charge in [0.2, 0.25) is 0 Å². The first-order chi connectivity index (χ1) is 10.9. The third-order valence-electron chi connectivity index (χ3n) is 3.96. The maximum absolute atomic E-state index is 2.46. The minimum absolute atomic E-state index is 1.27. The zero-order valence-electron chi connectivity index (χ0n) is 12.3. The normalized spacial score (nSPS) is 15.8. The molecule has 3 aromatic rings. The van der Waals surface area contributed by atoms with Crippen molar-refractivity contribution in [3.63, 3.8) is 0 Å². The third-order valence-corrected chi connectivity index (χ3v) is 8.90. The summed E-state index contributed by atoms with van der Waals surface area (Å²) in [6, 6.07) is 11.4. The fourth-order valence-electron chi connectivity index (χ4n) is 2.79. The van der Waals surface area contributed by atoms with Crippen LogP contribution in [0.4, 0.5) is 0 Å². The molecule has 4 heteroatoms. The van der Waals surface area contributed by atoms with E-state index >= 15 is 0 Å². The zero-order chi connectivity index (χ0) is 14.8. The van der Waals surface area contributed by atoms with E-state index < -0.39 is 0 Å². The Hall–Kier alpha value is -0.550. The summed E-state index contributed by atoms with van der Waals surface area (Å²) in [4.78, 5) is 5.68. The van der Waals surface area contributed by atoms with Crippen LogP contribution in [0.2, 0.25) is 0 Å². The van der Waals surface area contributed by atoms with E-state index in [9.17, 15) is 0 Å². The Labute approximate surface area is 148 Å². The van der Waals surface area contributed by atoms with Gasteiger partial charge in [-0.2, -0.15) is 0 Å². The van der Waals surface area contributed by atoms with E-state index in [-0.39, 0.29) is 0 Å². The van der Waals surface area contributed by atoms with Crippen molar-refractivity contribution in [2.45, 2.75) is 36.3 Å². The van der Waals surface area contributed by atoms with Crippen molar-refractivity contribution in [3.05, 3.63) is 41.3 Å². The predicted molar refractivity (Wildman–Crippen MR) is 104 cm³/mol. The molecule has 114 valence electrons. The Morgan fingerprint density at radius 1 is 0.773 bits per heavy atom. The number of hydrogen-bond acceptors (Lipinski definition) is 4. The smallest absolute Gasteiger partial charge is 0.0637 e. The number of aryl methyl sites for hydroxylation is 1. The summed E-state index contributed by atoms with van der Waals surface area (Å²) in [5.74, 6) is 1.29. The van der Waals surface area contributed by atoms with Gasteiger partial charge in [-0.05, 0) is 60.2 Å². The highest BCUT2D eigenvalue weighted by Crippen LogP contribution is 2.43. The SMILES string of the molecule is c1csc(-c2ccc(-c3cc4c(s3)SCCCCCC4)s2)c1. The summed E-state index contributed by atoms with van der Waals surface area (Å²) in [6.45, 7) is 0. The van der Waals surface area contributed by atoms with Crippen LogP contribution in [0.5, 0.6) is 0 Å². The topological polar surface area (TPSA) is 0 Å². The fraction of sp³-hybridized carbons (Fsp3) is 0.333. The Morgan fingerprint density at radius 3 is 2.50 bits per heavy atom. The van der Waals surface area contributed by atoms with Gasteiger partial charge in [-0.25, -0.2) is 0 Å². The molecule has 0 bridgehead atoms. The average molecular weight is 363 g/mol. The number of hydrogen-bond donors (Lipinski definition) is 0. The molecule has 4 heterocycles. The Kier molecular flexibility index (Phi) is 4.72. The molecule has 0 fully saturated rings. The second-order valence-electron chi connectivity index (χ2n) is 5.58. The van der Waals surface area contributed by atoms with Gasteiger partial charge in [0.25, 0.3) is 0 Å². The van der Waals surface area contributed by atoms with E-state index in [1.807, 2.05) is 34.0 Å². The lowest BCUT2D eigenvalue weighted by Crippen LogP contribution is -1.82. The van der Waals surface area contributed by atoms with Crippen molar-refractivity contribution in [3.8, 4) is 19.5 Å². The number of fused-ring (bicyclic) bond motifs is 1. The van der Waals surface area contributed by atoms with Gasteiger partial charge in [0.05, 0.1) is 4.21 Å². The summed E-state index contributed by atoms with van der Waals surface area (Å²) in [5, 5.41) is 2.16. The molecule has 1 aliphatic rings. The van der Waals surface area contributed by atoms with Crippen LogP contribution in [-0.2, 0) is 6.42 Å². The van der Waals surface area contributed by atoms with Gasteiger partial charge in [0.1, 0.15) is 0 Å². The molecule has 0 saturated carbocycles. The van der Waals surface area contributed by atoms with E-state index in [0.717, 1.165) is 0 Å². The molecule has 0 amide bonds. The summed E-state index contributed by atoms with van der Waals surface area (Å²) < 4.78 is 1.57. The van der Waals surface area contributed by atoms with Crippen LogP contribution in [0.3, 0.4) is 0 Å². The highest BCUT2D eigenvalue weighted by atomic mass is 32.2. The molecule has 0 unspecified atom stereocenters. The highest BCUT2D eigenvalue weighted by molar-refractivity contribution is 8.01. The first-order valence-corrected chi connectivity index (χ1v) is 11.3. The minimum atomic E-state index is 1.27. The Bertz CT molecular complexity index is 708. The molecule has 0 spiro atoms. The summed E-state index contributed by atoms with van der Waals surface area (Å²) in [6.07, 6.45) is 6.80. The fourth-order valence-corrected chi connectivity index (χ4v) is 7.29. The second kappa shape index (κ2) is 6.91. The standard InChI is InChI=1S/C18H18S4/c1-2-4-10-20-18-13(6-3-1)12-17(22-18)16-9-8-15(21-16)14-7-5-11-19-14/h5,7-9,11-12H,1-4,6,10H2. The molecule has 0 nitrogen and oxygen atoms in total. The molecule has 1 aliphatic heterocycles. The third kappa shape index (κ3) is 3.21. The lowest BCUT2D eigenvalue weighted by molar-refractivity contribution is 0.672. The molecule has 0 aromatic carbocycles. The lowest BCUT2D eigenvalue weighted by atomic mass is 10.1. The molecule has 4 rings (SSSR count). The molecular weight excluding hydrogens is 344 g/mol. The first kappa shape index (κ1) is 15.0. The van der Waals surface area contributed by atoms with E-state index in [1.54, 1.807) is 9.77 Å². The predicted octanol–water partition coefficient (Wildman–Crippen LogP) is 7.41. The van der Waals surface area contributed by atoms with Gasteiger partial charge in [0, 0.05) is 19.5 Å². The molecule has 3 aromatic heterocycles. The monoisotopic (exact) mass is 362 g/mol. The number of thiophene rings is 3. The van der Waals surface area contributed by atoms with Crippen LogP contribution < -0.4 is 0 Å². The highest BCUT2D eigenvalue weighted by Gasteiger charge is 2.14. The van der Waals surface area contributed by atoms with E-state index in [1.165, 1.54) is 57.4 Å². The maximum atomic E-state index is 2.46. The molecule has 0 N–H and O–H groups in total. The molecule has 0 saturated heterocycles. The van der Waals surface area contributed by atoms with Crippen molar-refractivity contribution >= 4 is 45.8 Å². The van der Waals surface area contributed by atoms with Gasteiger partial charge in [0.15, 0.2) is 0 Å². The second-order valence-corrected chi connectivity index (χ2v) is 10.0. The number of thioether (sulfide) groups is 1. The van der Waals surface area contributed by atoms with Crippen LogP contribution >= 0.6 is 45.8 Å². The van der Waals surface area contributed by atoms with Crippen LogP contribution in [0, 0.1) is 0 Å². The summed E-state index contributed by atoms with van der Waals surface area (Å²) in [7, 11) is 0. The van der Waals surface area contributed by atoms with Crippen molar-refractivity contribution in [2.24, 2.45) is 0 Å². The number of rotatable bonds is 2. The van der Waals surface area contributed by atoms with E-state index in [2.05, 4.69) is 47.5 Å². The van der Waals surface area contributed by atoms with E-state index in [0.29, 0.717) is 0 Å². The molecular formula is C18H18S4. The van der Waals surface area contributed by atoms with Crippen molar-refractivity contribution in [1.82, 2.24) is 0 Å². The van der Waals surface area contributed by atoms with Crippen LogP contribution in [-0.4, -0.2) is 5.75 Å². The Balaban J connectivity index is 1.63. The van der Waals surface area contributed by atoms with Gasteiger partial charge in [-0.15, -0.1) is 45.8 Å². The quantitative estimate of drug-likeness (QED) is 0.457. The molecule has 0 radical (unpaired) electrons. The molecule has 0 atom stereocenters. The van der Waals surface area contributed by atoms with Crippen LogP contribution in [0.15, 0.2) is 39.9 Å². The van der Waals surface area contributed by atoms with Crippen molar-refractivity contribution in [1.29, 1.82) is 0 Å². The van der Waals surface area contributed by atoms with E-state index in [4.69, 9.17) is 0 Å². The van der Waals surface area contributed by atoms with Crippen LogP contribution in [0.1, 0.15) is 31.2 Å². The minimum Gasteiger partial charge on any atom is -0.143 e.